The Morgan fingerprint density at radius 3 is 2.04 bits per heavy atom. The second-order valence-electron chi connectivity index (χ2n) is 5.11. The molecule has 2 aromatic rings. The van der Waals surface area contributed by atoms with Gasteiger partial charge in [-0.3, -0.25) is 4.55 Å². The number of nitrogens with zero attached hydrogens (tertiary/aromatic N) is 2. The van der Waals surface area contributed by atoms with E-state index in [-0.39, 0.29) is 28.1 Å². The van der Waals surface area contributed by atoms with E-state index in [0.29, 0.717) is 4.31 Å². The quantitative estimate of drug-likeness (QED) is 0.606. The average molecular weight is 390 g/mol. The van der Waals surface area contributed by atoms with Gasteiger partial charge in [-0.25, -0.2) is 13.9 Å². The van der Waals surface area contributed by atoms with Gasteiger partial charge in [0.25, 0.3) is 0 Å². The highest BCUT2D eigenvalue weighted by molar-refractivity contribution is 7.87. The number of rotatable bonds is 5. The van der Waals surface area contributed by atoms with Crippen LogP contribution in [-0.2, 0) is 19.8 Å². The van der Waals surface area contributed by atoms with Crippen molar-refractivity contribution in [2.75, 3.05) is 18.5 Å². The van der Waals surface area contributed by atoms with Crippen LogP contribution in [0.15, 0.2) is 42.5 Å². The molecule has 0 heterocycles. The monoisotopic (exact) mass is 390 g/mol. The highest BCUT2D eigenvalue weighted by Crippen LogP contribution is 2.30. The van der Waals surface area contributed by atoms with Crippen molar-refractivity contribution in [2.24, 2.45) is 0 Å². The van der Waals surface area contributed by atoms with E-state index < -0.39 is 22.2 Å². The Labute approximate surface area is 155 Å². The SMILES string of the molecule is COC(=O)c1ccc(N(c2ccc(C(=O)OC)c(C#N)c2)S(=O)(=O)O)cc1. The van der Waals surface area contributed by atoms with Crippen LogP contribution in [0.1, 0.15) is 26.3 Å². The first-order chi connectivity index (χ1) is 12.7. The van der Waals surface area contributed by atoms with Crippen molar-refractivity contribution in [3.05, 3.63) is 59.2 Å². The zero-order valence-electron chi connectivity index (χ0n) is 14.2. The molecule has 0 aliphatic rings. The number of benzene rings is 2. The fraction of sp³-hybridized carbons (Fsp3) is 0.118. The summed E-state index contributed by atoms with van der Waals surface area (Å²) in [6.45, 7) is 0. The van der Waals surface area contributed by atoms with Crippen LogP contribution in [0.3, 0.4) is 0 Å². The summed E-state index contributed by atoms with van der Waals surface area (Å²) in [6, 6.07) is 10.5. The predicted octanol–water partition coefficient (Wildman–Crippen LogP) is 2.07. The summed E-state index contributed by atoms with van der Waals surface area (Å²) in [6.07, 6.45) is 0. The van der Waals surface area contributed by atoms with Crippen molar-refractivity contribution in [1.82, 2.24) is 0 Å². The zero-order chi connectivity index (χ0) is 20.2. The average Bonchev–Trinajstić information content (AvgIpc) is 2.66. The van der Waals surface area contributed by atoms with Crippen LogP contribution in [0.25, 0.3) is 0 Å². The number of carbonyl (C=O) groups is 2. The number of nitriles is 1. The molecule has 0 saturated carbocycles. The maximum Gasteiger partial charge on any atom is 0.364 e. The van der Waals surface area contributed by atoms with Crippen molar-refractivity contribution in [3.63, 3.8) is 0 Å². The van der Waals surface area contributed by atoms with Gasteiger partial charge in [-0.2, -0.15) is 13.7 Å². The van der Waals surface area contributed by atoms with E-state index in [1.807, 2.05) is 0 Å². The standard InChI is InChI=1S/C17H14N2O7S/c1-25-16(20)11-3-5-13(6-4-11)19(27(22,23)24)14-7-8-15(17(21)26-2)12(9-14)10-18/h3-9H,1-2H3,(H,22,23,24). The van der Waals surface area contributed by atoms with E-state index in [0.717, 1.165) is 13.2 Å². The third-order valence-electron chi connectivity index (χ3n) is 3.52. The molecule has 0 fully saturated rings. The number of hydrogen-bond donors (Lipinski definition) is 1. The second-order valence-corrected chi connectivity index (χ2v) is 6.37. The molecule has 1 N–H and O–H groups in total. The molecule has 140 valence electrons. The molecule has 27 heavy (non-hydrogen) atoms. The number of ether oxygens (including phenoxy) is 2. The molecule has 0 bridgehead atoms. The molecule has 0 aromatic heterocycles. The van der Waals surface area contributed by atoms with Gasteiger partial charge in [-0.05, 0) is 42.5 Å². The molecule has 2 rings (SSSR count). The molecule has 2 aromatic carbocycles. The summed E-state index contributed by atoms with van der Waals surface area (Å²) < 4.78 is 43.1. The molecule has 0 aliphatic heterocycles. The molecule has 10 heteroatoms. The van der Waals surface area contributed by atoms with Crippen molar-refractivity contribution < 1.29 is 32.0 Å². The molecule has 0 saturated heterocycles. The van der Waals surface area contributed by atoms with Gasteiger partial charge in [0.15, 0.2) is 0 Å². The van der Waals surface area contributed by atoms with Gasteiger partial charge in [0, 0.05) is 0 Å². The van der Waals surface area contributed by atoms with E-state index in [1.165, 1.54) is 43.5 Å². The summed E-state index contributed by atoms with van der Waals surface area (Å²) in [5, 5.41) is 9.23. The summed E-state index contributed by atoms with van der Waals surface area (Å²) in [4.78, 5) is 23.2. The maximum absolute atomic E-state index is 11.9. The van der Waals surface area contributed by atoms with Gasteiger partial charge in [0.05, 0.1) is 42.3 Å². The molecule has 9 nitrogen and oxygen atoms in total. The van der Waals surface area contributed by atoms with Gasteiger partial charge in [0.2, 0.25) is 0 Å². The molecule has 0 spiro atoms. The number of carbonyl (C=O) groups excluding carboxylic acids is 2. The highest BCUT2D eigenvalue weighted by Gasteiger charge is 2.24. The van der Waals surface area contributed by atoms with Crippen LogP contribution in [0.4, 0.5) is 11.4 Å². The van der Waals surface area contributed by atoms with Gasteiger partial charge >= 0.3 is 22.2 Å². The predicted molar refractivity (Wildman–Crippen MR) is 94.0 cm³/mol. The Hall–Kier alpha value is -3.42. The number of esters is 2. The first-order valence-corrected chi connectivity index (χ1v) is 8.71. The zero-order valence-corrected chi connectivity index (χ0v) is 15.1. The summed E-state index contributed by atoms with van der Waals surface area (Å²) >= 11 is 0. The van der Waals surface area contributed by atoms with Crippen LogP contribution in [0.5, 0.6) is 0 Å². The Bertz CT molecular complexity index is 1020. The third-order valence-corrected chi connectivity index (χ3v) is 4.40. The number of methoxy groups -OCH3 is 2. The van der Waals surface area contributed by atoms with E-state index in [2.05, 4.69) is 9.47 Å². The summed E-state index contributed by atoms with van der Waals surface area (Å²) in [5.41, 5.74) is -0.109. The van der Waals surface area contributed by atoms with Crippen molar-refractivity contribution >= 4 is 33.6 Å². The molecule has 0 radical (unpaired) electrons. The van der Waals surface area contributed by atoms with E-state index in [1.54, 1.807) is 6.07 Å². The minimum Gasteiger partial charge on any atom is -0.465 e. The fourth-order valence-corrected chi connectivity index (χ4v) is 3.07. The molecule has 0 amide bonds. The minimum absolute atomic E-state index is 0.000129. The largest absolute Gasteiger partial charge is 0.465 e. The van der Waals surface area contributed by atoms with Gasteiger partial charge in [-0.15, -0.1) is 0 Å². The molecule has 0 atom stereocenters. The van der Waals surface area contributed by atoms with Crippen LogP contribution < -0.4 is 4.31 Å². The van der Waals surface area contributed by atoms with Crippen LogP contribution in [0.2, 0.25) is 0 Å². The smallest absolute Gasteiger partial charge is 0.364 e. The van der Waals surface area contributed by atoms with E-state index in [4.69, 9.17) is 0 Å². The van der Waals surface area contributed by atoms with Crippen LogP contribution in [0, 0.1) is 11.3 Å². The molecular weight excluding hydrogens is 376 g/mol. The summed E-state index contributed by atoms with van der Waals surface area (Å²) in [5.74, 6) is -1.38. The summed E-state index contributed by atoms with van der Waals surface area (Å²) in [7, 11) is -2.44. The van der Waals surface area contributed by atoms with E-state index in [9.17, 15) is 27.8 Å². The Balaban J connectivity index is 2.57. The Kier molecular flexibility index (Phi) is 5.79. The van der Waals surface area contributed by atoms with Crippen LogP contribution >= 0.6 is 0 Å². The van der Waals surface area contributed by atoms with Crippen LogP contribution in [-0.4, -0.2) is 39.1 Å². The van der Waals surface area contributed by atoms with Crippen molar-refractivity contribution in [3.8, 4) is 6.07 Å². The van der Waals surface area contributed by atoms with Crippen molar-refractivity contribution in [1.29, 1.82) is 5.26 Å². The lowest BCUT2D eigenvalue weighted by Crippen LogP contribution is -2.25. The second kappa shape index (κ2) is 7.86. The normalized spacial score (nSPS) is 10.6. The van der Waals surface area contributed by atoms with E-state index >= 15 is 0 Å². The number of anilines is 2. The first kappa shape index (κ1) is 19.9. The van der Waals surface area contributed by atoms with Gasteiger partial charge in [0.1, 0.15) is 6.07 Å². The third kappa shape index (κ3) is 4.22. The molecular formula is C17H14N2O7S. The lowest BCUT2D eigenvalue weighted by molar-refractivity contribution is 0.0591. The lowest BCUT2D eigenvalue weighted by Gasteiger charge is -2.21. The first-order valence-electron chi connectivity index (χ1n) is 7.31. The topological polar surface area (TPSA) is 134 Å². The highest BCUT2D eigenvalue weighted by atomic mass is 32.2. The van der Waals surface area contributed by atoms with Crippen molar-refractivity contribution in [2.45, 2.75) is 0 Å². The fourth-order valence-electron chi connectivity index (χ4n) is 2.31. The Morgan fingerprint density at radius 2 is 1.56 bits per heavy atom. The molecule has 0 unspecified atom stereocenters. The van der Waals surface area contributed by atoms with Gasteiger partial charge < -0.3 is 9.47 Å². The minimum atomic E-state index is -4.78. The Morgan fingerprint density at radius 1 is 1.00 bits per heavy atom. The molecule has 0 aliphatic carbocycles. The lowest BCUT2D eigenvalue weighted by atomic mass is 10.1. The maximum atomic E-state index is 11.9. The van der Waals surface area contributed by atoms with Gasteiger partial charge in [-0.1, -0.05) is 0 Å². The number of hydrogen-bond acceptors (Lipinski definition) is 7.